The fourth-order valence-corrected chi connectivity index (χ4v) is 2.41. The van der Waals surface area contributed by atoms with Crippen LogP contribution in [-0.4, -0.2) is 57.1 Å². The molecule has 256 valence electrons. The number of hydrogen-bond donors (Lipinski definition) is 0. The summed E-state index contributed by atoms with van der Waals surface area (Å²) in [6.07, 6.45) is -0.146. The van der Waals surface area contributed by atoms with Crippen molar-refractivity contribution in [2.45, 2.75) is 25.1 Å². The summed E-state index contributed by atoms with van der Waals surface area (Å²) in [4.78, 5) is 15.0. The molecule has 0 aromatic heterocycles. The van der Waals surface area contributed by atoms with Gasteiger partial charge in [-0.25, -0.2) is 50.5 Å². The van der Waals surface area contributed by atoms with Crippen LogP contribution in [0.3, 0.4) is 0 Å². The van der Waals surface area contributed by atoms with E-state index in [1.54, 1.807) is 6.07 Å². The molecule has 4 radical (unpaired) electrons. The number of alkyl halides is 3. The van der Waals surface area contributed by atoms with Gasteiger partial charge >= 0.3 is 0 Å². The molecule has 48 heavy (non-hydrogen) atoms. The van der Waals surface area contributed by atoms with E-state index in [4.69, 9.17) is 57.2 Å². The van der Waals surface area contributed by atoms with Gasteiger partial charge in [-0.15, -0.1) is 0 Å². The fourth-order valence-electron chi connectivity index (χ4n) is 2.41. The van der Waals surface area contributed by atoms with Gasteiger partial charge in [0.25, 0.3) is 6.54 Å². The first-order chi connectivity index (χ1) is 22.4. The highest BCUT2D eigenvalue weighted by Crippen LogP contribution is 2.25. The Morgan fingerprint density at radius 2 is 0.979 bits per heavy atom. The highest BCUT2D eigenvalue weighted by atomic mass is 35.6. The highest BCUT2D eigenvalue weighted by Gasteiger charge is 2.26. The van der Waals surface area contributed by atoms with E-state index in [-0.39, 0.29) is 12.6 Å². The number of hydrogen-bond acceptors (Lipinski definition) is 5. The predicted octanol–water partition coefficient (Wildman–Crippen LogP) is 8.01. The van der Waals surface area contributed by atoms with Gasteiger partial charge in [0.05, 0.1) is 11.1 Å². The molecule has 0 N–H and O–H groups in total. The van der Waals surface area contributed by atoms with E-state index >= 15 is 0 Å². The smallest absolute Gasteiger partial charge is 0.298 e. The van der Waals surface area contributed by atoms with Gasteiger partial charge in [0.1, 0.15) is 23.8 Å². The van der Waals surface area contributed by atoms with Crippen LogP contribution in [0.2, 0.25) is 0 Å². The van der Waals surface area contributed by atoms with Gasteiger partial charge < -0.3 is 9.74 Å². The number of rotatable bonds is 5. The number of aldehydes is 1. The Bertz CT molecular complexity index is 1430. The predicted molar refractivity (Wildman–Crippen MR) is 160 cm³/mol. The topological polar surface area (TPSA) is 96.0 Å². The van der Waals surface area contributed by atoms with E-state index in [1.807, 2.05) is 0 Å². The van der Waals surface area contributed by atoms with Crippen LogP contribution >= 0.6 is 34.8 Å². The third-order valence-electron chi connectivity index (χ3n) is 4.63. The lowest BCUT2D eigenvalue weighted by Gasteiger charge is -2.13. The molecule has 0 aliphatic rings. The molecule has 6 nitrogen and oxygen atoms in total. The zero-order valence-electron chi connectivity index (χ0n) is 24.8. The van der Waals surface area contributed by atoms with Crippen LogP contribution in [0.25, 0.3) is 10.9 Å². The molecule has 2 aromatic carbocycles. The summed E-state index contributed by atoms with van der Waals surface area (Å²) in [5.41, 5.74) is -3.57. The van der Waals surface area contributed by atoms with Crippen LogP contribution < -0.4 is 0 Å². The summed E-state index contributed by atoms with van der Waals surface area (Å²) < 4.78 is 125. The highest BCUT2D eigenvalue weighted by molar-refractivity contribution is 6.75. The molecule has 0 heterocycles. The average Bonchev–Trinajstić information content (AvgIpc) is 3.08. The maximum absolute atomic E-state index is 13.1. The Labute approximate surface area is 287 Å². The molecule has 0 amide bonds. The van der Waals surface area contributed by atoms with Crippen molar-refractivity contribution >= 4 is 62.6 Å². The minimum Gasteiger partial charge on any atom is -0.304 e. The minimum absolute atomic E-state index is 0.0139. The second-order valence-electron chi connectivity index (χ2n) is 7.21. The van der Waals surface area contributed by atoms with Crippen molar-refractivity contribution in [1.82, 2.24) is 4.90 Å². The third-order valence-corrected chi connectivity index (χ3v) is 4.63. The number of allylic oxidation sites excluding steroid dienone is 1. The lowest BCUT2D eigenvalue weighted by atomic mass is 9.81. The van der Waals surface area contributed by atoms with Crippen LogP contribution in [0, 0.1) is 98.7 Å². The SMILES string of the molecule is CCN(CC)CC.ClC(Cl)Cl.N#CC(C#N)=Cc1c(F)c(F)c(F)c(F)c1F.O=Cc1c(F)c(F)c(F)c(F)c1F.[B][B].[C-]#[N+]CC#N. The third kappa shape index (κ3) is 18.4. The molecular weight excluding hydrogens is 728 g/mol. The summed E-state index contributed by atoms with van der Waals surface area (Å²) in [5, 5.41) is 24.2. The van der Waals surface area contributed by atoms with E-state index in [2.05, 4.69) is 46.0 Å². The second-order valence-corrected chi connectivity index (χ2v) is 9.19. The van der Waals surface area contributed by atoms with Crippen molar-refractivity contribution in [3.8, 4) is 18.2 Å². The molecule has 21 heteroatoms. The average molecular weight is 748 g/mol. The number of carbonyl (C=O) groups excluding carboxylic acids is 1. The Balaban J connectivity index is -0.000000275. The number of carbonyl (C=O) groups is 1. The van der Waals surface area contributed by atoms with Crippen molar-refractivity contribution in [2.24, 2.45) is 0 Å². The summed E-state index contributed by atoms with van der Waals surface area (Å²) in [5.74, 6) is -21.5. The number of halogens is 13. The maximum Gasteiger partial charge on any atom is 0.298 e. The molecular formula is C27H20B2Cl3F10N5O. The van der Waals surface area contributed by atoms with Gasteiger partial charge in [-0.3, -0.25) is 4.79 Å². The molecule has 0 unspecified atom stereocenters. The largest absolute Gasteiger partial charge is 0.304 e. The van der Waals surface area contributed by atoms with Crippen molar-refractivity contribution in [2.75, 3.05) is 26.2 Å². The van der Waals surface area contributed by atoms with Gasteiger partial charge in [0, 0.05) is 15.5 Å². The van der Waals surface area contributed by atoms with Crippen LogP contribution in [-0.2, 0) is 0 Å². The normalized spacial score (nSPS) is 8.88. The van der Waals surface area contributed by atoms with Gasteiger partial charge in [-0.1, -0.05) is 55.6 Å². The van der Waals surface area contributed by atoms with Gasteiger partial charge in [-0.05, 0) is 25.7 Å². The standard InChI is InChI=1S/C10HF5N2.C7HF5O.C6H15N.C3H2N2.CHCl3.B2/c11-6-5(1-4(2-16)3-17)7(12)9(14)10(15)8(6)13;8-3-2(1-13)4(9)6(11)7(12)5(3)10;1-4-7(5-2)6-3;1-5-3-2-4;2-1(3)4;1-2/h1H;1H;4-6H2,1-3H3;3H2;1H;. The van der Waals surface area contributed by atoms with Crippen molar-refractivity contribution in [3.05, 3.63) is 86.3 Å². The quantitative estimate of drug-likeness (QED) is 0.0356. The van der Waals surface area contributed by atoms with E-state index < -0.39 is 85.5 Å². The molecule has 2 aromatic rings. The zero-order valence-corrected chi connectivity index (χ0v) is 27.0. The molecule has 0 atom stereocenters. The minimum atomic E-state index is -2.30. The Morgan fingerprint density at radius 1 is 0.708 bits per heavy atom. The Hall–Kier alpha value is -3.93. The fraction of sp³-hybridized carbons (Fsp3) is 0.296. The van der Waals surface area contributed by atoms with Crippen LogP contribution in [0.4, 0.5) is 43.9 Å². The molecule has 0 spiro atoms. The molecule has 0 bridgehead atoms. The van der Waals surface area contributed by atoms with E-state index in [0.717, 1.165) is 0 Å². The maximum atomic E-state index is 13.1. The monoisotopic (exact) mass is 747 g/mol. The molecule has 2 rings (SSSR count). The first-order valence-corrected chi connectivity index (χ1v) is 13.4. The van der Waals surface area contributed by atoms with Gasteiger partial charge in [0.15, 0.2) is 57.1 Å². The van der Waals surface area contributed by atoms with E-state index in [0.29, 0.717) is 0 Å². The number of nitriles is 3. The first kappa shape index (κ1) is 50.9. The van der Waals surface area contributed by atoms with Crippen molar-refractivity contribution < 1.29 is 48.7 Å². The molecule has 0 saturated carbocycles. The van der Waals surface area contributed by atoms with Crippen LogP contribution in [0.5, 0.6) is 0 Å². The second kappa shape index (κ2) is 29.2. The summed E-state index contributed by atoms with van der Waals surface area (Å²) in [6.45, 7) is 16.1. The summed E-state index contributed by atoms with van der Waals surface area (Å²) >= 11 is 14.4. The molecule has 0 aliphatic heterocycles. The van der Waals surface area contributed by atoms with Gasteiger partial charge in [-0.2, -0.15) is 15.8 Å². The van der Waals surface area contributed by atoms with Gasteiger partial charge in [0.2, 0.25) is 11.6 Å². The Kier molecular flexibility index (Phi) is 31.0. The zero-order chi connectivity index (χ0) is 38.7. The first-order valence-electron chi connectivity index (χ1n) is 12.1. The molecule has 0 aliphatic carbocycles. The molecule has 0 fully saturated rings. The lowest BCUT2D eigenvalue weighted by molar-refractivity contribution is 0.111. The lowest BCUT2D eigenvalue weighted by Crippen LogP contribution is -2.21. The molecule has 0 saturated heterocycles. The number of nitrogens with zero attached hydrogens (tertiary/aromatic N) is 5. The van der Waals surface area contributed by atoms with E-state index in [1.165, 1.54) is 31.8 Å². The number of benzene rings is 2. The van der Waals surface area contributed by atoms with Crippen LogP contribution in [0.15, 0.2) is 5.57 Å². The van der Waals surface area contributed by atoms with Crippen molar-refractivity contribution in [3.63, 3.8) is 0 Å². The van der Waals surface area contributed by atoms with Crippen LogP contribution in [0.1, 0.15) is 36.7 Å². The van der Waals surface area contributed by atoms with E-state index in [9.17, 15) is 48.7 Å². The van der Waals surface area contributed by atoms with Crippen molar-refractivity contribution in [1.29, 1.82) is 15.8 Å². The summed E-state index contributed by atoms with van der Waals surface area (Å²) in [7, 11) is 8.00. The Morgan fingerprint density at radius 3 is 1.15 bits per heavy atom. The summed E-state index contributed by atoms with van der Waals surface area (Å²) in [6, 6.07) is 4.14.